The highest BCUT2D eigenvalue weighted by Gasteiger charge is 2.14. The molecule has 1 N–H and O–H groups in total. The van der Waals surface area contributed by atoms with Crippen LogP contribution < -0.4 is 10.1 Å². The van der Waals surface area contributed by atoms with Crippen molar-refractivity contribution < 1.29 is 9.53 Å². The van der Waals surface area contributed by atoms with E-state index in [9.17, 15) is 4.79 Å². The molecule has 0 aromatic heterocycles. The SMILES string of the molecule is C[C@@H](Oc1ccccc1)C(=O)Nc1ccc(C#N)cc1. The molecule has 2 aromatic carbocycles. The third kappa shape index (κ3) is 3.59. The molecule has 0 saturated carbocycles. The van der Waals surface area contributed by atoms with Gasteiger partial charge >= 0.3 is 0 Å². The van der Waals surface area contributed by atoms with Crippen LogP contribution in [0.25, 0.3) is 0 Å². The Morgan fingerprint density at radius 3 is 2.40 bits per heavy atom. The maximum Gasteiger partial charge on any atom is 0.265 e. The summed E-state index contributed by atoms with van der Waals surface area (Å²) in [6.45, 7) is 1.69. The molecule has 4 nitrogen and oxygen atoms in total. The Labute approximate surface area is 117 Å². The normalized spacial score (nSPS) is 11.2. The summed E-state index contributed by atoms with van der Waals surface area (Å²) in [4.78, 5) is 12.0. The van der Waals surface area contributed by atoms with Crippen LogP contribution >= 0.6 is 0 Å². The molecule has 2 rings (SSSR count). The Bertz CT molecular complexity index is 615. The lowest BCUT2D eigenvalue weighted by molar-refractivity contribution is -0.122. The van der Waals surface area contributed by atoms with Crippen molar-refractivity contribution in [3.05, 3.63) is 60.2 Å². The van der Waals surface area contributed by atoms with Crippen LogP contribution in [0.5, 0.6) is 5.75 Å². The number of ether oxygens (including phenoxy) is 1. The Morgan fingerprint density at radius 1 is 1.15 bits per heavy atom. The molecule has 0 saturated heterocycles. The molecule has 0 fully saturated rings. The van der Waals surface area contributed by atoms with E-state index in [-0.39, 0.29) is 5.91 Å². The fourth-order valence-electron chi connectivity index (χ4n) is 1.63. The van der Waals surface area contributed by atoms with Crippen molar-refractivity contribution in [3.8, 4) is 11.8 Å². The molecular formula is C16H14N2O2. The summed E-state index contributed by atoms with van der Waals surface area (Å²) in [6, 6.07) is 17.9. The second-order valence-corrected chi connectivity index (χ2v) is 4.25. The molecule has 0 spiro atoms. The van der Waals surface area contributed by atoms with Gasteiger partial charge in [-0.05, 0) is 43.3 Å². The average molecular weight is 266 g/mol. The Morgan fingerprint density at radius 2 is 1.80 bits per heavy atom. The van der Waals surface area contributed by atoms with Gasteiger partial charge in [-0.15, -0.1) is 0 Å². The molecule has 0 heterocycles. The van der Waals surface area contributed by atoms with E-state index >= 15 is 0 Å². The fourth-order valence-corrected chi connectivity index (χ4v) is 1.63. The van der Waals surface area contributed by atoms with Gasteiger partial charge in [-0.25, -0.2) is 0 Å². The van der Waals surface area contributed by atoms with Crippen molar-refractivity contribution >= 4 is 11.6 Å². The van der Waals surface area contributed by atoms with Gasteiger partial charge in [0.1, 0.15) is 5.75 Å². The number of nitriles is 1. The van der Waals surface area contributed by atoms with E-state index in [0.29, 0.717) is 17.0 Å². The molecule has 0 bridgehead atoms. The largest absolute Gasteiger partial charge is 0.481 e. The zero-order chi connectivity index (χ0) is 14.4. The number of benzene rings is 2. The van der Waals surface area contributed by atoms with Crippen molar-refractivity contribution in [2.45, 2.75) is 13.0 Å². The molecule has 4 heteroatoms. The minimum atomic E-state index is -0.604. The van der Waals surface area contributed by atoms with Crippen LogP contribution in [0.4, 0.5) is 5.69 Å². The van der Waals surface area contributed by atoms with Crippen molar-refractivity contribution in [2.24, 2.45) is 0 Å². The second kappa shape index (κ2) is 6.39. The number of hydrogen-bond acceptors (Lipinski definition) is 3. The van der Waals surface area contributed by atoms with E-state index in [1.807, 2.05) is 24.3 Å². The van der Waals surface area contributed by atoms with Crippen LogP contribution in [0.2, 0.25) is 0 Å². The number of nitrogens with one attached hydrogen (secondary N) is 1. The van der Waals surface area contributed by atoms with Crippen LogP contribution in [0, 0.1) is 11.3 Å². The quantitative estimate of drug-likeness (QED) is 0.925. The highest BCUT2D eigenvalue weighted by Crippen LogP contribution is 2.13. The number of carbonyl (C=O) groups is 1. The number of hydrogen-bond donors (Lipinski definition) is 1. The molecule has 0 unspecified atom stereocenters. The van der Waals surface area contributed by atoms with Gasteiger partial charge in [-0.3, -0.25) is 4.79 Å². The summed E-state index contributed by atoms with van der Waals surface area (Å²) in [7, 11) is 0. The monoisotopic (exact) mass is 266 g/mol. The first-order chi connectivity index (χ1) is 9.69. The molecule has 100 valence electrons. The first-order valence-corrected chi connectivity index (χ1v) is 6.22. The third-order valence-electron chi connectivity index (χ3n) is 2.71. The second-order valence-electron chi connectivity index (χ2n) is 4.25. The Balaban J connectivity index is 1.95. The summed E-state index contributed by atoms with van der Waals surface area (Å²) in [5, 5.41) is 11.4. The first kappa shape index (κ1) is 13.6. The van der Waals surface area contributed by atoms with Gasteiger partial charge in [0.15, 0.2) is 6.10 Å². The molecule has 20 heavy (non-hydrogen) atoms. The highest BCUT2D eigenvalue weighted by molar-refractivity contribution is 5.94. The van der Waals surface area contributed by atoms with E-state index in [0.717, 1.165) is 0 Å². The molecule has 1 amide bonds. The summed E-state index contributed by atoms with van der Waals surface area (Å²) in [6.07, 6.45) is -0.604. The number of amides is 1. The van der Waals surface area contributed by atoms with E-state index in [2.05, 4.69) is 5.32 Å². The van der Waals surface area contributed by atoms with Crippen LogP contribution in [-0.4, -0.2) is 12.0 Å². The van der Waals surface area contributed by atoms with E-state index < -0.39 is 6.10 Å². The zero-order valence-corrected chi connectivity index (χ0v) is 11.0. The highest BCUT2D eigenvalue weighted by atomic mass is 16.5. The number of rotatable bonds is 4. The number of anilines is 1. The van der Waals surface area contributed by atoms with Crippen LogP contribution in [0.15, 0.2) is 54.6 Å². The molecule has 0 radical (unpaired) electrons. The molecule has 1 atom stereocenters. The number of nitrogens with zero attached hydrogens (tertiary/aromatic N) is 1. The van der Waals surface area contributed by atoms with Crippen molar-refractivity contribution in [1.29, 1.82) is 5.26 Å². The summed E-state index contributed by atoms with van der Waals surface area (Å²) < 4.78 is 5.53. The maximum atomic E-state index is 12.0. The van der Waals surface area contributed by atoms with Crippen molar-refractivity contribution in [2.75, 3.05) is 5.32 Å². The number of carbonyl (C=O) groups excluding carboxylic acids is 1. The topological polar surface area (TPSA) is 62.1 Å². The minimum absolute atomic E-state index is 0.237. The summed E-state index contributed by atoms with van der Waals surface area (Å²) in [5.74, 6) is 0.411. The van der Waals surface area contributed by atoms with Crippen LogP contribution in [0.3, 0.4) is 0 Å². The van der Waals surface area contributed by atoms with E-state index in [1.54, 1.807) is 43.3 Å². The van der Waals surface area contributed by atoms with Gasteiger partial charge in [0.2, 0.25) is 0 Å². The molecule has 0 aliphatic heterocycles. The zero-order valence-electron chi connectivity index (χ0n) is 11.0. The van der Waals surface area contributed by atoms with Crippen LogP contribution in [0.1, 0.15) is 12.5 Å². The standard InChI is InChI=1S/C16H14N2O2/c1-12(20-15-5-3-2-4-6-15)16(19)18-14-9-7-13(11-17)8-10-14/h2-10,12H,1H3,(H,18,19)/t12-/m1/s1. The molecule has 0 aliphatic rings. The summed E-state index contributed by atoms with van der Waals surface area (Å²) >= 11 is 0. The van der Waals surface area contributed by atoms with Gasteiger partial charge in [0.25, 0.3) is 5.91 Å². The molecular weight excluding hydrogens is 252 g/mol. The van der Waals surface area contributed by atoms with Gasteiger partial charge < -0.3 is 10.1 Å². The Kier molecular flexibility index (Phi) is 4.35. The maximum absolute atomic E-state index is 12.0. The first-order valence-electron chi connectivity index (χ1n) is 6.22. The van der Waals surface area contributed by atoms with E-state index in [4.69, 9.17) is 10.00 Å². The lowest BCUT2D eigenvalue weighted by Gasteiger charge is -2.14. The van der Waals surface area contributed by atoms with Crippen molar-refractivity contribution in [1.82, 2.24) is 0 Å². The fraction of sp³-hybridized carbons (Fsp3) is 0.125. The van der Waals surface area contributed by atoms with Crippen LogP contribution in [-0.2, 0) is 4.79 Å². The predicted octanol–water partition coefficient (Wildman–Crippen LogP) is 2.96. The third-order valence-corrected chi connectivity index (χ3v) is 2.71. The lowest BCUT2D eigenvalue weighted by atomic mass is 10.2. The Hall–Kier alpha value is -2.80. The number of para-hydroxylation sites is 1. The molecule has 2 aromatic rings. The van der Waals surface area contributed by atoms with Crippen molar-refractivity contribution in [3.63, 3.8) is 0 Å². The van der Waals surface area contributed by atoms with Gasteiger partial charge in [0.05, 0.1) is 11.6 Å². The lowest BCUT2D eigenvalue weighted by Crippen LogP contribution is -2.30. The van der Waals surface area contributed by atoms with E-state index in [1.165, 1.54) is 0 Å². The minimum Gasteiger partial charge on any atom is -0.481 e. The summed E-state index contributed by atoms with van der Waals surface area (Å²) in [5.41, 5.74) is 1.19. The van der Waals surface area contributed by atoms with Gasteiger partial charge in [-0.1, -0.05) is 18.2 Å². The average Bonchev–Trinajstić information content (AvgIpc) is 2.49. The molecule has 0 aliphatic carbocycles. The smallest absolute Gasteiger partial charge is 0.265 e. The predicted molar refractivity (Wildman–Crippen MR) is 76.3 cm³/mol. The van der Waals surface area contributed by atoms with Gasteiger partial charge in [0, 0.05) is 5.69 Å². The van der Waals surface area contributed by atoms with Gasteiger partial charge in [-0.2, -0.15) is 5.26 Å².